The molecule has 24 heavy (non-hydrogen) atoms. The number of likely N-dealkylation sites (tertiary alicyclic amines) is 1. The summed E-state index contributed by atoms with van der Waals surface area (Å²) in [5.41, 5.74) is 2.53. The van der Waals surface area contributed by atoms with E-state index in [2.05, 4.69) is 4.98 Å². The normalized spacial score (nSPS) is 18.2. The number of nitrogens with zero attached hydrogens (tertiary/aromatic N) is 3. The van der Waals surface area contributed by atoms with Crippen LogP contribution in [0.15, 0.2) is 12.4 Å². The second-order valence-corrected chi connectivity index (χ2v) is 6.38. The lowest BCUT2D eigenvalue weighted by Gasteiger charge is -2.33. The molecule has 2 aliphatic rings. The molecule has 1 saturated heterocycles. The van der Waals surface area contributed by atoms with E-state index >= 15 is 0 Å². The van der Waals surface area contributed by atoms with E-state index < -0.39 is 0 Å². The van der Waals surface area contributed by atoms with Crippen molar-refractivity contribution < 1.29 is 19.4 Å². The number of fused-ring (bicyclic) bond motifs is 1. The third-order valence-corrected chi connectivity index (χ3v) is 4.96. The average molecular weight is 333 g/mol. The van der Waals surface area contributed by atoms with Crippen LogP contribution in [0.4, 0.5) is 4.79 Å². The third kappa shape index (κ3) is 3.21. The lowest BCUT2D eigenvalue weighted by atomic mass is 9.94. The van der Waals surface area contributed by atoms with Crippen molar-refractivity contribution in [2.75, 3.05) is 33.4 Å². The summed E-state index contributed by atoms with van der Waals surface area (Å²) in [5, 5.41) is 9.23. The molecular weight excluding hydrogens is 310 g/mol. The fraction of sp³-hybridized carbons (Fsp3) is 0.588. The van der Waals surface area contributed by atoms with Gasteiger partial charge >= 0.3 is 6.09 Å². The van der Waals surface area contributed by atoms with Gasteiger partial charge in [-0.3, -0.25) is 9.78 Å². The Kier molecular flexibility index (Phi) is 4.99. The zero-order chi connectivity index (χ0) is 17.1. The number of hydrogen-bond acceptors (Lipinski definition) is 5. The predicted molar refractivity (Wildman–Crippen MR) is 86.5 cm³/mol. The largest absolute Gasteiger partial charge is 0.453 e. The van der Waals surface area contributed by atoms with Gasteiger partial charge in [0.1, 0.15) is 0 Å². The maximum absolute atomic E-state index is 12.9. The Balaban J connectivity index is 1.76. The van der Waals surface area contributed by atoms with Crippen molar-refractivity contribution in [2.45, 2.75) is 25.8 Å². The molecule has 7 heteroatoms. The van der Waals surface area contributed by atoms with Crippen LogP contribution in [-0.2, 0) is 17.7 Å². The van der Waals surface area contributed by atoms with Crippen LogP contribution < -0.4 is 0 Å². The minimum absolute atomic E-state index is 0.00209. The molecule has 2 amide bonds. The van der Waals surface area contributed by atoms with Crippen LogP contribution in [0.5, 0.6) is 0 Å². The summed E-state index contributed by atoms with van der Waals surface area (Å²) in [7, 11) is 1.37. The first-order valence-corrected chi connectivity index (χ1v) is 8.32. The first kappa shape index (κ1) is 16.7. The van der Waals surface area contributed by atoms with Crippen molar-refractivity contribution in [1.82, 2.24) is 14.8 Å². The molecule has 0 spiro atoms. The molecular formula is C17H23N3O4. The van der Waals surface area contributed by atoms with Crippen molar-refractivity contribution in [3.63, 3.8) is 0 Å². The number of ether oxygens (including phenoxy) is 1. The average Bonchev–Trinajstić information content (AvgIpc) is 2.65. The molecule has 7 nitrogen and oxygen atoms in total. The van der Waals surface area contributed by atoms with Crippen LogP contribution in [0.25, 0.3) is 0 Å². The number of aliphatic hydroxyl groups is 1. The molecule has 1 aromatic heterocycles. The van der Waals surface area contributed by atoms with Crippen molar-refractivity contribution in [3.05, 3.63) is 29.1 Å². The number of piperidine rings is 1. The molecule has 0 radical (unpaired) electrons. The number of carbonyl (C=O) groups is 2. The van der Waals surface area contributed by atoms with Gasteiger partial charge in [0.15, 0.2) is 0 Å². The maximum Gasteiger partial charge on any atom is 0.409 e. The van der Waals surface area contributed by atoms with Gasteiger partial charge in [-0.2, -0.15) is 0 Å². The van der Waals surface area contributed by atoms with Gasteiger partial charge in [-0.1, -0.05) is 0 Å². The van der Waals surface area contributed by atoms with Gasteiger partial charge in [-0.05, 0) is 36.3 Å². The fourth-order valence-electron chi connectivity index (χ4n) is 3.45. The summed E-state index contributed by atoms with van der Waals surface area (Å²) in [6, 6.07) is 0. The minimum atomic E-state index is -0.358. The van der Waals surface area contributed by atoms with E-state index in [4.69, 9.17) is 4.74 Å². The summed E-state index contributed by atoms with van der Waals surface area (Å²) in [6.45, 7) is 2.48. The number of hydrogen-bond donors (Lipinski definition) is 1. The lowest BCUT2D eigenvalue weighted by Crippen LogP contribution is -2.41. The number of aromatic nitrogens is 1. The fourth-order valence-corrected chi connectivity index (χ4v) is 3.45. The second-order valence-electron chi connectivity index (χ2n) is 6.38. The van der Waals surface area contributed by atoms with Gasteiger partial charge in [0.25, 0.3) is 5.91 Å². The number of amides is 2. The molecule has 0 saturated carbocycles. The summed E-state index contributed by atoms with van der Waals surface area (Å²) in [4.78, 5) is 32.2. The first-order chi connectivity index (χ1) is 11.6. The number of carbonyl (C=O) groups excluding carboxylic acids is 2. The molecule has 1 fully saturated rings. The van der Waals surface area contributed by atoms with Gasteiger partial charge in [0, 0.05) is 38.6 Å². The Morgan fingerprint density at radius 1 is 1.25 bits per heavy atom. The topological polar surface area (TPSA) is 83.0 Å². The zero-order valence-electron chi connectivity index (χ0n) is 13.9. The highest BCUT2D eigenvalue weighted by Crippen LogP contribution is 2.25. The predicted octanol–water partition coefficient (Wildman–Crippen LogP) is 1.05. The zero-order valence-corrected chi connectivity index (χ0v) is 13.9. The lowest BCUT2D eigenvalue weighted by molar-refractivity contribution is 0.0648. The van der Waals surface area contributed by atoms with E-state index in [1.165, 1.54) is 7.11 Å². The van der Waals surface area contributed by atoms with E-state index in [9.17, 15) is 14.7 Å². The highest BCUT2D eigenvalue weighted by molar-refractivity contribution is 5.96. The molecule has 130 valence electrons. The smallest absolute Gasteiger partial charge is 0.409 e. The van der Waals surface area contributed by atoms with Crippen molar-refractivity contribution >= 4 is 12.0 Å². The van der Waals surface area contributed by atoms with Crippen molar-refractivity contribution in [3.8, 4) is 0 Å². The van der Waals surface area contributed by atoms with Crippen molar-refractivity contribution in [1.29, 1.82) is 0 Å². The van der Waals surface area contributed by atoms with Crippen LogP contribution in [0, 0.1) is 5.92 Å². The molecule has 3 heterocycles. The Morgan fingerprint density at radius 3 is 2.67 bits per heavy atom. The van der Waals surface area contributed by atoms with Gasteiger partial charge in [-0.25, -0.2) is 4.79 Å². The summed E-state index contributed by atoms with van der Waals surface area (Å²) >= 11 is 0. The maximum atomic E-state index is 12.9. The summed E-state index contributed by atoms with van der Waals surface area (Å²) < 4.78 is 4.77. The van der Waals surface area contributed by atoms with Gasteiger partial charge in [0.2, 0.25) is 0 Å². The van der Waals surface area contributed by atoms with Crippen LogP contribution in [0.2, 0.25) is 0 Å². The second kappa shape index (κ2) is 7.17. The highest BCUT2D eigenvalue weighted by atomic mass is 16.5. The van der Waals surface area contributed by atoms with Crippen molar-refractivity contribution in [2.24, 2.45) is 5.92 Å². The monoisotopic (exact) mass is 333 g/mol. The quantitative estimate of drug-likeness (QED) is 0.875. The molecule has 2 aliphatic heterocycles. The SMILES string of the molecule is COC(=O)N1CCc2c(cncc2C(=O)N2CCC(CO)CC2)C1. The molecule has 0 aliphatic carbocycles. The van der Waals surface area contributed by atoms with Crippen LogP contribution >= 0.6 is 0 Å². The minimum Gasteiger partial charge on any atom is -0.453 e. The first-order valence-electron chi connectivity index (χ1n) is 8.32. The Morgan fingerprint density at radius 2 is 2.00 bits per heavy atom. The molecule has 3 rings (SSSR count). The molecule has 1 aromatic rings. The van der Waals surface area contributed by atoms with E-state index in [0.29, 0.717) is 44.1 Å². The van der Waals surface area contributed by atoms with Crippen LogP contribution in [0.3, 0.4) is 0 Å². The summed E-state index contributed by atoms with van der Waals surface area (Å²) in [5.74, 6) is 0.299. The Bertz CT molecular complexity index is 626. The number of pyridine rings is 1. The molecule has 0 aromatic carbocycles. The van der Waals surface area contributed by atoms with E-state index in [1.54, 1.807) is 17.3 Å². The van der Waals surface area contributed by atoms with Gasteiger partial charge in [0.05, 0.1) is 19.2 Å². The molecule has 0 atom stereocenters. The molecule has 1 N–H and O–H groups in total. The molecule has 0 unspecified atom stereocenters. The van der Waals surface area contributed by atoms with Crippen LogP contribution in [-0.4, -0.2) is 65.2 Å². The van der Waals surface area contributed by atoms with E-state index in [1.807, 2.05) is 4.90 Å². The van der Waals surface area contributed by atoms with E-state index in [0.717, 1.165) is 24.0 Å². The number of methoxy groups -OCH3 is 1. The van der Waals surface area contributed by atoms with Crippen LogP contribution in [0.1, 0.15) is 34.3 Å². The highest BCUT2D eigenvalue weighted by Gasteiger charge is 2.29. The third-order valence-electron chi connectivity index (χ3n) is 4.96. The van der Waals surface area contributed by atoms with E-state index in [-0.39, 0.29) is 18.6 Å². The van der Waals surface area contributed by atoms with Gasteiger partial charge < -0.3 is 19.6 Å². The number of rotatable bonds is 2. The summed E-state index contributed by atoms with van der Waals surface area (Å²) in [6.07, 6.45) is 5.29. The Hall–Kier alpha value is -2.15. The Labute approximate surface area is 141 Å². The molecule has 0 bridgehead atoms. The number of aliphatic hydroxyl groups excluding tert-OH is 1. The van der Waals surface area contributed by atoms with Gasteiger partial charge in [-0.15, -0.1) is 0 Å². The standard InChI is InChI=1S/C17H23N3O4/c1-24-17(23)20-7-4-14-13(10-20)8-18-9-15(14)16(22)19-5-2-12(11-21)3-6-19/h8-9,12,21H,2-7,10-11H2,1H3.